The fraction of sp³-hybridized carbons (Fsp3) is 0.323. The van der Waals surface area contributed by atoms with Gasteiger partial charge in [-0.05, 0) is 35.7 Å². The Labute approximate surface area is 232 Å². The van der Waals surface area contributed by atoms with Crippen LogP contribution in [0, 0.1) is 0 Å². The first-order valence-electron chi connectivity index (χ1n) is 13.3. The summed E-state index contributed by atoms with van der Waals surface area (Å²) in [7, 11) is 0. The van der Waals surface area contributed by atoms with Crippen LogP contribution in [0.3, 0.4) is 0 Å². The van der Waals surface area contributed by atoms with Crippen LogP contribution in [0.5, 0.6) is 0 Å². The highest BCUT2D eigenvalue weighted by Gasteiger charge is 2.32. The molecule has 0 spiro atoms. The molecule has 2 heterocycles. The molecule has 40 heavy (non-hydrogen) atoms. The van der Waals surface area contributed by atoms with Crippen LogP contribution < -0.4 is 5.32 Å². The Morgan fingerprint density at radius 3 is 2.45 bits per heavy atom. The first-order chi connectivity index (χ1) is 19.4. The zero-order valence-electron chi connectivity index (χ0n) is 22.5. The van der Waals surface area contributed by atoms with E-state index < -0.39 is 18.4 Å². The van der Waals surface area contributed by atoms with Crippen LogP contribution in [0.4, 0.5) is 0 Å². The summed E-state index contributed by atoms with van der Waals surface area (Å²) in [5.41, 5.74) is 5.60. The van der Waals surface area contributed by atoms with E-state index in [-0.39, 0.29) is 24.7 Å². The smallest absolute Gasteiger partial charge is 0.303 e. The fourth-order valence-corrected chi connectivity index (χ4v) is 4.84. The molecule has 9 nitrogen and oxygen atoms in total. The maximum Gasteiger partial charge on any atom is 0.303 e. The number of ether oxygens (including phenoxy) is 3. The number of hydrogen-bond acceptors (Lipinski definition) is 7. The molecule has 1 aliphatic rings. The summed E-state index contributed by atoms with van der Waals surface area (Å²) < 4.78 is 20.0. The molecule has 1 saturated heterocycles. The first-order valence-corrected chi connectivity index (χ1v) is 13.3. The number of carbonyl (C=O) groups excluding carboxylic acids is 2. The van der Waals surface area contributed by atoms with E-state index in [2.05, 4.69) is 20.9 Å². The van der Waals surface area contributed by atoms with Crippen molar-refractivity contribution in [3.05, 3.63) is 101 Å². The molecule has 0 bridgehead atoms. The van der Waals surface area contributed by atoms with Gasteiger partial charge in [-0.15, -0.1) is 0 Å². The Balaban J connectivity index is 1.31. The predicted molar refractivity (Wildman–Crippen MR) is 148 cm³/mol. The zero-order valence-corrected chi connectivity index (χ0v) is 22.5. The lowest BCUT2D eigenvalue weighted by atomic mass is 9.99. The second-order valence-corrected chi connectivity index (χ2v) is 9.95. The number of amides is 1. The molecular weight excluding hydrogens is 510 g/mol. The molecule has 1 amide bonds. The van der Waals surface area contributed by atoms with Gasteiger partial charge in [-0.2, -0.15) is 0 Å². The largest absolute Gasteiger partial charge is 0.453 e. The molecule has 0 saturated carbocycles. The molecular formula is C31H33N3O6. The third-order valence-electron chi connectivity index (χ3n) is 6.97. The van der Waals surface area contributed by atoms with Crippen LogP contribution in [-0.4, -0.2) is 38.7 Å². The first kappa shape index (κ1) is 27.5. The van der Waals surface area contributed by atoms with Gasteiger partial charge in [0.2, 0.25) is 0 Å². The molecule has 0 aliphatic carbocycles. The SMILES string of the molecule is CC(=O)O[C@@H](C)C(=O)NCc1ccc([C@@H]2O[C@H](Cn3cnc4ccccc43)C[C@H](c3ccc(CO)cc3)O2)cc1. The molecule has 0 radical (unpaired) electrons. The van der Waals surface area contributed by atoms with Crippen LogP contribution in [0.25, 0.3) is 11.0 Å². The molecule has 1 fully saturated rings. The quantitative estimate of drug-likeness (QED) is 0.302. The summed E-state index contributed by atoms with van der Waals surface area (Å²) in [4.78, 5) is 27.8. The molecule has 1 aliphatic heterocycles. The van der Waals surface area contributed by atoms with Crippen molar-refractivity contribution < 1.29 is 28.9 Å². The number of nitrogens with one attached hydrogen (secondary N) is 1. The maximum absolute atomic E-state index is 12.2. The standard InChI is InChI=1S/C31H33N3O6/c1-20(38-21(2)36)30(37)32-16-22-7-13-25(14-8-22)31-39-26(17-34-19-33-27-5-3-4-6-28(27)34)15-29(40-31)24-11-9-23(18-35)10-12-24/h3-14,19-20,26,29,31,35H,15-18H2,1-2H3,(H,32,37)/t20-,26-,29+,31+/m0/s1. The molecule has 2 N–H and O–H groups in total. The maximum atomic E-state index is 12.2. The van der Waals surface area contributed by atoms with Gasteiger partial charge < -0.3 is 29.2 Å². The number of nitrogens with zero attached hydrogens (tertiary/aromatic N) is 2. The monoisotopic (exact) mass is 543 g/mol. The van der Waals surface area contributed by atoms with Crippen LogP contribution >= 0.6 is 0 Å². The number of imidazole rings is 1. The number of carbonyl (C=O) groups is 2. The van der Waals surface area contributed by atoms with Crippen LogP contribution in [0.2, 0.25) is 0 Å². The summed E-state index contributed by atoms with van der Waals surface area (Å²) in [6.07, 6.45) is 0.715. The normalized spacial score (nSPS) is 19.7. The van der Waals surface area contributed by atoms with Crippen LogP contribution in [0.1, 0.15) is 54.9 Å². The predicted octanol–water partition coefficient (Wildman–Crippen LogP) is 4.34. The number of rotatable bonds is 9. The lowest BCUT2D eigenvalue weighted by molar-refractivity contribution is -0.252. The van der Waals surface area contributed by atoms with E-state index >= 15 is 0 Å². The van der Waals surface area contributed by atoms with Crippen molar-refractivity contribution in [2.45, 2.75) is 64.6 Å². The molecule has 0 unspecified atom stereocenters. The molecule has 4 atom stereocenters. The number of benzene rings is 3. The van der Waals surface area contributed by atoms with E-state index in [1.165, 1.54) is 13.8 Å². The van der Waals surface area contributed by atoms with Crippen molar-refractivity contribution in [1.82, 2.24) is 14.9 Å². The number of aliphatic hydroxyl groups is 1. The van der Waals surface area contributed by atoms with E-state index in [9.17, 15) is 14.7 Å². The average Bonchev–Trinajstić information content (AvgIpc) is 3.38. The highest BCUT2D eigenvalue weighted by molar-refractivity contribution is 5.82. The van der Waals surface area contributed by atoms with Crippen molar-refractivity contribution in [2.24, 2.45) is 0 Å². The van der Waals surface area contributed by atoms with Crippen molar-refractivity contribution in [1.29, 1.82) is 0 Å². The average molecular weight is 544 g/mol. The lowest BCUT2D eigenvalue weighted by Crippen LogP contribution is -2.35. The fourth-order valence-electron chi connectivity index (χ4n) is 4.84. The zero-order chi connectivity index (χ0) is 28.1. The Hall–Kier alpha value is -4.05. The molecule has 208 valence electrons. The molecule has 3 aromatic carbocycles. The number of esters is 1. The topological polar surface area (TPSA) is 112 Å². The number of para-hydroxylation sites is 2. The summed E-state index contributed by atoms with van der Waals surface area (Å²) in [6, 6.07) is 23.5. The molecule has 5 rings (SSSR count). The van der Waals surface area contributed by atoms with Crippen LogP contribution in [-0.2, 0) is 43.5 Å². The number of aromatic nitrogens is 2. The van der Waals surface area contributed by atoms with Gasteiger partial charge in [0.15, 0.2) is 12.4 Å². The van der Waals surface area contributed by atoms with Crippen molar-refractivity contribution >= 4 is 22.9 Å². The highest BCUT2D eigenvalue weighted by atomic mass is 16.7. The third kappa shape index (κ3) is 6.56. The highest BCUT2D eigenvalue weighted by Crippen LogP contribution is 2.38. The second kappa shape index (κ2) is 12.4. The molecule has 9 heteroatoms. The van der Waals surface area contributed by atoms with Crippen molar-refractivity contribution in [3.63, 3.8) is 0 Å². The van der Waals surface area contributed by atoms with Crippen molar-refractivity contribution in [3.8, 4) is 0 Å². The van der Waals surface area contributed by atoms with Gasteiger partial charge in [-0.1, -0.05) is 60.7 Å². The van der Waals surface area contributed by atoms with Gasteiger partial charge >= 0.3 is 5.97 Å². The van der Waals surface area contributed by atoms with E-state index in [1.807, 2.05) is 73.1 Å². The van der Waals surface area contributed by atoms with Gasteiger partial charge in [0, 0.05) is 25.5 Å². The number of fused-ring (bicyclic) bond motifs is 1. The number of hydrogen-bond donors (Lipinski definition) is 2. The minimum absolute atomic E-state index is 0.0106. The Kier molecular flexibility index (Phi) is 8.54. The number of aliphatic hydroxyl groups excluding tert-OH is 1. The van der Waals surface area contributed by atoms with E-state index in [0.717, 1.165) is 33.3 Å². The Bertz CT molecular complexity index is 1450. The lowest BCUT2D eigenvalue weighted by Gasteiger charge is -2.36. The van der Waals surface area contributed by atoms with Crippen molar-refractivity contribution in [2.75, 3.05) is 0 Å². The molecule has 1 aromatic heterocycles. The third-order valence-corrected chi connectivity index (χ3v) is 6.97. The Morgan fingerprint density at radius 2 is 1.73 bits per heavy atom. The minimum Gasteiger partial charge on any atom is -0.453 e. The van der Waals surface area contributed by atoms with E-state index in [1.54, 1.807) is 0 Å². The van der Waals surface area contributed by atoms with Gasteiger partial charge in [0.1, 0.15) is 0 Å². The van der Waals surface area contributed by atoms with Gasteiger partial charge in [-0.3, -0.25) is 9.59 Å². The minimum atomic E-state index is -0.853. The molecule has 4 aromatic rings. The summed E-state index contributed by atoms with van der Waals surface area (Å²) >= 11 is 0. The second-order valence-electron chi connectivity index (χ2n) is 9.95. The van der Waals surface area contributed by atoms with E-state index in [4.69, 9.17) is 14.2 Å². The van der Waals surface area contributed by atoms with Gasteiger partial charge in [-0.25, -0.2) is 4.98 Å². The Morgan fingerprint density at radius 1 is 1.02 bits per heavy atom. The van der Waals surface area contributed by atoms with Gasteiger partial charge in [0.05, 0.1) is 42.7 Å². The van der Waals surface area contributed by atoms with Crippen LogP contribution in [0.15, 0.2) is 79.1 Å². The van der Waals surface area contributed by atoms with E-state index in [0.29, 0.717) is 19.5 Å². The summed E-state index contributed by atoms with van der Waals surface area (Å²) in [5, 5.41) is 12.2. The summed E-state index contributed by atoms with van der Waals surface area (Å²) in [5.74, 6) is -0.857. The van der Waals surface area contributed by atoms with Gasteiger partial charge in [0.25, 0.3) is 5.91 Å². The summed E-state index contributed by atoms with van der Waals surface area (Å²) in [6.45, 7) is 3.72.